The van der Waals surface area contributed by atoms with E-state index in [-0.39, 0.29) is 0 Å². The fraction of sp³-hybridized carbons (Fsp3) is 0.533. The van der Waals surface area contributed by atoms with Gasteiger partial charge in [-0.05, 0) is 64.6 Å². The van der Waals surface area contributed by atoms with E-state index < -0.39 is 0 Å². The molecule has 20 heavy (non-hydrogen) atoms. The van der Waals surface area contributed by atoms with Gasteiger partial charge in [0.05, 0.1) is 16.1 Å². The van der Waals surface area contributed by atoms with Crippen LogP contribution >= 0.6 is 23.8 Å². The number of para-hydroxylation sites is 1. The Morgan fingerprint density at radius 3 is 2.80 bits per heavy atom. The third kappa shape index (κ3) is 3.43. The van der Waals surface area contributed by atoms with Gasteiger partial charge in [0.15, 0.2) is 4.77 Å². The highest BCUT2D eigenvalue weighted by molar-refractivity contribution is 7.71. The zero-order valence-electron chi connectivity index (χ0n) is 12.3. The summed E-state index contributed by atoms with van der Waals surface area (Å²) in [6.45, 7) is 6.49. The van der Waals surface area contributed by atoms with Gasteiger partial charge in [-0.25, -0.2) is 0 Å². The summed E-state index contributed by atoms with van der Waals surface area (Å²) < 4.78 is 2.90. The van der Waals surface area contributed by atoms with Crippen LogP contribution in [-0.2, 0) is 6.54 Å². The van der Waals surface area contributed by atoms with Crippen molar-refractivity contribution in [2.24, 2.45) is 0 Å². The van der Waals surface area contributed by atoms with Gasteiger partial charge in [0.25, 0.3) is 0 Å². The van der Waals surface area contributed by atoms with E-state index in [1.54, 1.807) is 0 Å². The minimum absolute atomic E-state index is 0.601. The van der Waals surface area contributed by atoms with Gasteiger partial charge in [0.1, 0.15) is 0 Å². The Bertz CT molecular complexity index is 630. The van der Waals surface area contributed by atoms with Gasteiger partial charge in [-0.15, -0.1) is 0 Å². The number of hydrogen-bond acceptors (Lipinski definition) is 2. The van der Waals surface area contributed by atoms with E-state index >= 15 is 0 Å². The number of nitrogens with zero attached hydrogens (tertiary/aromatic N) is 2. The number of rotatable bonds is 6. The summed E-state index contributed by atoms with van der Waals surface area (Å²) in [4.78, 5) is 5.57. The van der Waals surface area contributed by atoms with Crippen LogP contribution in [-0.4, -0.2) is 34.1 Å². The predicted molar refractivity (Wildman–Crippen MR) is 89.1 cm³/mol. The fourth-order valence-corrected chi connectivity index (χ4v) is 2.77. The number of aromatic amines is 1. The lowest BCUT2D eigenvalue weighted by Crippen LogP contribution is -2.27. The number of halogens is 1. The smallest absolute Gasteiger partial charge is 0.178 e. The lowest BCUT2D eigenvalue weighted by Gasteiger charge is -2.20. The van der Waals surface area contributed by atoms with Crippen LogP contribution in [0.25, 0.3) is 11.0 Å². The fourth-order valence-electron chi connectivity index (χ4n) is 2.26. The van der Waals surface area contributed by atoms with E-state index in [1.807, 2.05) is 12.1 Å². The lowest BCUT2D eigenvalue weighted by atomic mass is 10.2. The van der Waals surface area contributed by atoms with E-state index in [4.69, 9.17) is 23.8 Å². The number of hydrogen-bond donors (Lipinski definition) is 1. The third-order valence-electron chi connectivity index (χ3n) is 3.78. The number of fused-ring (bicyclic) bond motifs is 1. The molecule has 0 aliphatic heterocycles. The summed E-state index contributed by atoms with van der Waals surface area (Å²) in [5, 5.41) is 0.729. The molecule has 0 unspecified atom stereocenters. The first-order chi connectivity index (χ1) is 9.50. The number of unbranched alkanes of at least 4 members (excludes halogenated alkanes) is 1. The molecule has 0 saturated carbocycles. The molecule has 110 valence electrons. The van der Waals surface area contributed by atoms with E-state index in [9.17, 15) is 0 Å². The second-order valence-corrected chi connectivity index (χ2v) is 6.29. The topological polar surface area (TPSA) is 24.0 Å². The highest BCUT2D eigenvalue weighted by Crippen LogP contribution is 2.22. The first-order valence-corrected chi connectivity index (χ1v) is 7.86. The van der Waals surface area contributed by atoms with Crippen LogP contribution in [0.3, 0.4) is 0 Å². The van der Waals surface area contributed by atoms with Gasteiger partial charge in [0.2, 0.25) is 0 Å². The summed E-state index contributed by atoms with van der Waals surface area (Å²) in [5.74, 6) is 0. The van der Waals surface area contributed by atoms with Crippen LogP contribution in [0.15, 0.2) is 18.2 Å². The van der Waals surface area contributed by atoms with Crippen molar-refractivity contribution < 1.29 is 0 Å². The molecule has 1 heterocycles. The zero-order chi connectivity index (χ0) is 14.7. The van der Waals surface area contributed by atoms with Gasteiger partial charge < -0.3 is 14.5 Å². The minimum Gasteiger partial charge on any atom is -0.329 e. The number of benzene rings is 1. The maximum absolute atomic E-state index is 6.18. The van der Waals surface area contributed by atoms with Crippen LogP contribution in [0.4, 0.5) is 0 Å². The SMILES string of the molecule is CC(C)N(C)CCCCn1c(=S)[nH]c2c(Cl)cccc21. The van der Waals surface area contributed by atoms with Crippen molar-refractivity contribution in [2.75, 3.05) is 13.6 Å². The Kier molecular flexibility index (Phi) is 5.24. The molecule has 1 aromatic carbocycles. The number of nitrogens with one attached hydrogen (secondary N) is 1. The van der Waals surface area contributed by atoms with Crippen molar-refractivity contribution in [1.29, 1.82) is 0 Å². The zero-order valence-corrected chi connectivity index (χ0v) is 13.9. The molecular formula is C15H22ClN3S. The first kappa shape index (κ1) is 15.5. The van der Waals surface area contributed by atoms with Crippen molar-refractivity contribution >= 4 is 34.9 Å². The first-order valence-electron chi connectivity index (χ1n) is 7.08. The number of aryl methyl sites for hydroxylation is 1. The molecule has 0 bridgehead atoms. The van der Waals surface area contributed by atoms with Crippen LogP contribution in [0, 0.1) is 4.77 Å². The largest absolute Gasteiger partial charge is 0.329 e. The van der Waals surface area contributed by atoms with Crippen molar-refractivity contribution in [1.82, 2.24) is 14.5 Å². The van der Waals surface area contributed by atoms with Gasteiger partial charge in [-0.2, -0.15) is 0 Å². The number of H-pyrrole nitrogens is 1. The molecule has 2 aromatic rings. The van der Waals surface area contributed by atoms with Crippen LogP contribution in [0.2, 0.25) is 5.02 Å². The second kappa shape index (κ2) is 6.74. The summed E-state index contributed by atoms with van der Waals surface area (Å²) in [7, 11) is 2.17. The standard InChI is InChI=1S/C15H22ClN3S/c1-11(2)18(3)9-4-5-10-19-13-8-6-7-12(16)14(13)17-15(19)20/h6-8,11H,4-5,9-10H2,1-3H3,(H,17,20). The van der Waals surface area contributed by atoms with Crippen molar-refractivity contribution in [3.8, 4) is 0 Å². The molecule has 1 N–H and O–H groups in total. The Morgan fingerprint density at radius 2 is 2.10 bits per heavy atom. The molecule has 2 rings (SSSR count). The lowest BCUT2D eigenvalue weighted by molar-refractivity contribution is 0.266. The predicted octanol–water partition coefficient (Wildman–Crippen LogP) is 4.47. The molecule has 0 amide bonds. The summed E-state index contributed by atoms with van der Waals surface area (Å²) in [6.07, 6.45) is 2.29. The molecule has 0 fully saturated rings. The van der Waals surface area contributed by atoms with E-state index in [2.05, 4.69) is 41.4 Å². The molecular weight excluding hydrogens is 290 g/mol. The minimum atomic E-state index is 0.601. The maximum Gasteiger partial charge on any atom is 0.178 e. The molecule has 0 aliphatic carbocycles. The molecule has 0 aliphatic rings. The molecule has 0 atom stereocenters. The van der Waals surface area contributed by atoms with Gasteiger partial charge in [0, 0.05) is 12.6 Å². The number of aromatic nitrogens is 2. The third-order valence-corrected chi connectivity index (χ3v) is 4.42. The Morgan fingerprint density at radius 1 is 1.35 bits per heavy atom. The normalized spacial score (nSPS) is 11.9. The van der Waals surface area contributed by atoms with Crippen molar-refractivity contribution in [3.05, 3.63) is 28.0 Å². The Hall–Kier alpha value is -0.840. The van der Waals surface area contributed by atoms with Crippen molar-refractivity contribution in [3.63, 3.8) is 0 Å². The van der Waals surface area contributed by atoms with Gasteiger partial charge in [-0.3, -0.25) is 0 Å². The highest BCUT2D eigenvalue weighted by atomic mass is 35.5. The average molecular weight is 312 g/mol. The van der Waals surface area contributed by atoms with Crippen LogP contribution < -0.4 is 0 Å². The van der Waals surface area contributed by atoms with Crippen LogP contribution in [0.1, 0.15) is 26.7 Å². The summed E-state index contributed by atoms with van der Waals surface area (Å²) >= 11 is 11.6. The van der Waals surface area contributed by atoms with Crippen LogP contribution in [0.5, 0.6) is 0 Å². The molecule has 0 saturated heterocycles. The summed E-state index contributed by atoms with van der Waals surface area (Å²) in [6, 6.07) is 6.52. The molecule has 5 heteroatoms. The maximum atomic E-state index is 6.18. The van der Waals surface area contributed by atoms with Gasteiger partial charge >= 0.3 is 0 Å². The van der Waals surface area contributed by atoms with E-state index in [0.717, 1.165) is 40.3 Å². The number of imidazole rings is 1. The van der Waals surface area contributed by atoms with E-state index in [1.165, 1.54) is 6.42 Å². The molecule has 1 aromatic heterocycles. The Labute approximate surface area is 130 Å². The molecule has 0 spiro atoms. The average Bonchev–Trinajstić information content (AvgIpc) is 2.72. The highest BCUT2D eigenvalue weighted by Gasteiger charge is 2.07. The monoisotopic (exact) mass is 311 g/mol. The molecule has 3 nitrogen and oxygen atoms in total. The molecule has 0 radical (unpaired) electrons. The summed E-state index contributed by atoms with van der Waals surface area (Å²) in [5.41, 5.74) is 2.04. The van der Waals surface area contributed by atoms with Crippen molar-refractivity contribution in [2.45, 2.75) is 39.3 Å². The van der Waals surface area contributed by atoms with E-state index in [0.29, 0.717) is 6.04 Å². The second-order valence-electron chi connectivity index (χ2n) is 5.50. The Balaban J connectivity index is 2.02. The van der Waals surface area contributed by atoms with Gasteiger partial charge in [-0.1, -0.05) is 17.7 Å². The quantitative estimate of drug-likeness (QED) is 0.628.